The van der Waals surface area contributed by atoms with Crippen LogP contribution in [0.3, 0.4) is 0 Å². The van der Waals surface area contributed by atoms with Crippen molar-refractivity contribution in [3.05, 3.63) is 16.6 Å². The highest BCUT2D eigenvalue weighted by atomic mass is 32.2. The molecule has 1 aliphatic carbocycles. The summed E-state index contributed by atoms with van der Waals surface area (Å²) in [6, 6.07) is 0.605. The largest absolute Gasteiger partial charge is 0.490 e. The van der Waals surface area contributed by atoms with Gasteiger partial charge in [0.05, 0.1) is 11.8 Å². The van der Waals surface area contributed by atoms with Crippen molar-refractivity contribution in [2.24, 2.45) is 0 Å². The van der Waals surface area contributed by atoms with Crippen LogP contribution < -0.4 is 0 Å². The maximum absolute atomic E-state index is 12.5. The smallest absolute Gasteiger partial charge is 0.475 e. The second kappa shape index (κ2) is 10.7. The van der Waals surface area contributed by atoms with Crippen LogP contribution in [0.25, 0.3) is 0 Å². The Morgan fingerprint density at radius 3 is 1.88 bits per heavy atom. The number of hydrogen-bond donors (Lipinski definition) is 2. The third-order valence-electron chi connectivity index (χ3n) is 5.22. The highest BCUT2D eigenvalue weighted by Crippen LogP contribution is 2.39. The molecule has 1 aromatic heterocycles. The summed E-state index contributed by atoms with van der Waals surface area (Å²) in [5, 5.41) is 17.3. The summed E-state index contributed by atoms with van der Waals surface area (Å²) in [6.45, 7) is 2.57. The van der Waals surface area contributed by atoms with E-state index in [-0.39, 0.29) is 11.3 Å². The number of hydrogen-bond acceptors (Lipinski definition) is 7. The zero-order valence-electron chi connectivity index (χ0n) is 17.3. The molecule has 3 fully saturated rings. The van der Waals surface area contributed by atoms with E-state index in [2.05, 4.69) is 9.88 Å². The van der Waals surface area contributed by atoms with Gasteiger partial charge in [0.25, 0.3) is 0 Å². The minimum Gasteiger partial charge on any atom is -0.475 e. The molecule has 0 aromatic carbocycles. The number of thiazole rings is 1. The lowest BCUT2D eigenvalue weighted by atomic mass is 10.1. The Bertz CT molecular complexity index is 926. The van der Waals surface area contributed by atoms with Gasteiger partial charge in [-0.3, -0.25) is 4.90 Å². The van der Waals surface area contributed by atoms with Crippen LogP contribution in [0.5, 0.6) is 0 Å². The van der Waals surface area contributed by atoms with Crippen LogP contribution in [0, 0.1) is 0 Å². The minimum atomic E-state index is -5.08. The number of carbonyl (C=O) groups is 2. The van der Waals surface area contributed by atoms with Crippen molar-refractivity contribution in [1.29, 1.82) is 0 Å². The molecule has 0 radical (unpaired) electrons. The van der Waals surface area contributed by atoms with Gasteiger partial charge in [-0.2, -0.15) is 30.6 Å². The molecule has 2 atom stereocenters. The van der Waals surface area contributed by atoms with Gasteiger partial charge in [-0.1, -0.05) is 0 Å². The number of nitrogens with zero attached hydrogens (tertiary/aromatic N) is 3. The summed E-state index contributed by atoms with van der Waals surface area (Å²) < 4.78 is 90.2. The lowest BCUT2D eigenvalue weighted by Crippen LogP contribution is -2.41. The summed E-state index contributed by atoms with van der Waals surface area (Å²) in [5.41, 5.74) is 0. The van der Waals surface area contributed by atoms with E-state index in [1.165, 1.54) is 0 Å². The number of fused-ring (bicyclic) bond motifs is 1. The third-order valence-corrected chi connectivity index (χ3v) is 8.41. The first-order valence-corrected chi connectivity index (χ1v) is 12.2. The fourth-order valence-corrected chi connectivity index (χ4v) is 6.35. The summed E-state index contributed by atoms with van der Waals surface area (Å²) in [7, 11) is -3.01. The van der Waals surface area contributed by atoms with Gasteiger partial charge in [-0.05, 0) is 25.7 Å². The second-order valence-corrected chi connectivity index (χ2v) is 10.7. The summed E-state index contributed by atoms with van der Waals surface area (Å²) in [4.78, 5) is 24.6. The molecule has 2 N–H and O–H groups in total. The molecular formula is C17H21F6N3O6S2. The Balaban J connectivity index is 0.000000244. The van der Waals surface area contributed by atoms with Crippen molar-refractivity contribution >= 4 is 33.3 Å². The van der Waals surface area contributed by atoms with Crippen LogP contribution in [0.4, 0.5) is 26.3 Å². The molecule has 0 unspecified atom stereocenters. The predicted molar refractivity (Wildman–Crippen MR) is 105 cm³/mol. The van der Waals surface area contributed by atoms with Gasteiger partial charge in [0.2, 0.25) is 10.0 Å². The zero-order chi connectivity index (χ0) is 25.9. The number of aromatic nitrogens is 1. The Kier molecular flexibility index (Phi) is 8.93. The van der Waals surface area contributed by atoms with E-state index in [9.17, 15) is 34.8 Å². The quantitative estimate of drug-likeness (QED) is 0.557. The van der Waals surface area contributed by atoms with Crippen LogP contribution in [0.15, 0.2) is 11.6 Å². The molecule has 17 heteroatoms. The number of carboxylic acids is 2. The van der Waals surface area contributed by atoms with E-state index in [4.69, 9.17) is 19.8 Å². The van der Waals surface area contributed by atoms with Gasteiger partial charge in [0, 0.05) is 36.8 Å². The fourth-order valence-electron chi connectivity index (χ4n) is 3.61. The average molecular weight is 541 g/mol. The van der Waals surface area contributed by atoms with E-state index in [0.717, 1.165) is 43.8 Å². The molecule has 194 valence electrons. The van der Waals surface area contributed by atoms with Crippen molar-refractivity contribution in [1.82, 2.24) is 14.2 Å². The molecule has 9 nitrogen and oxygen atoms in total. The summed E-state index contributed by atoms with van der Waals surface area (Å²) in [6.07, 6.45) is -4.66. The molecular weight excluding hydrogens is 520 g/mol. The van der Waals surface area contributed by atoms with Gasteiger partial charge >= 0.3 is 24.3 Å². The molecule has 0 amide bonds. The van der Waals surface area contributed by atoms with Crippen molar-refractivity contribution in [3.8, 4) is 0 Å². The zero-order valence-corrected chi connectivity index (χ0v) is 18.9. The SMILES string of the molecule is O=C(O)C(F)(F)F.O=C(O)C(F)(F)F.O=S(=O)(C1CC1)N1CC[C@@H]2[C@@H]1CCN2Cc1nccs1. The molecule has 34 heavy (non-hydrogen) atoms. The molecule has 4 rings (SSSR count). The topological polar surface area (TPSA) is 128 Å². The van der Waals surface area contributed by atoms with Crippen molar-refractivity contribution in [3.63, 3.8) is 0 Å². The number of likely N-dealkylation sites (tertiary alicyclic amines) is 1. The van der Waals surface area contributed by atoms with Crippen molar-refractivity contribution in [2.45, 2.75) is 61.9 Å². The van der Waals surface area contributed by atoms with E-state index in [1.807, 2.05) is 15.9 Å². The molecule has 3 heterocycles. The van der Waals surface area contributed by atoms with Gasteiger partial charge in [0.15, 0.2) is 0 Å². The minimum absolute atomic E-state index is 0.0748. The molecule has 3 aliphatic rings. The second-order valence-electron chi connectivity index (χ2n) is 7.57. The van der Waals surface area contributed by atoms with Crippen molar-refractivity contribution in [2.75, 3.05) is 13.1 Å². The third kappa shape index (κ3) is 7.51. The maximum atomic E-state index is 12.5. The summed E-state index contributed by atoms with van der Waals surface area (Å²) in [5.74, 6) is -5.51. The van der Waals surface area contributed by atoms with Crippen LogP contribution in [-0.2, 0) is 26.2 Å². The molecule has 2 saturated heterocycles. The van der Waals surface area contributed by atoms with Gasteiger partial charge in [-0.15, -0.1) is 11.3 Å². The molecule has 1 saturated carbocycles. The number of rotatable bonds is 4. The van der Waals surface area contributed by atoms with Crippen molar-refractivity contribution < 1.29 is 54.6 Å². The predicted octanol–water partition coefficient (Wildman–Crippen LogP) is 2.55. The van der Waals surface area contributed by atoms with E-state index in [1.54, 1.807) is 11.3 Å². The highest BCUT2D eigenvalue weighted by molar-refractivity contribution is 7.90. The Morgan fingerprint density at radius 1 is 0.971 bits per heavy atom. The van der Waals surface area contributed by atoms with E-state index in [0.29, 0.717) is 12.6 Å². The number of alkyl halides is 6. The molecule has 2 aliphatic heterocycles. The van der Waals surface area contributed by atoms with E-state index >= 15 is 0 Å². The van der Waals surface area contributed by atoms with Gasteiger partial charge in [-0.25, -0.2) is 23.0 Å². The normalized spacial score (nSPS) is 23.4. The Hall–Kier alpha value is -1.98. The van der Waals surface area contributed by atoms with Crippen LogP contribution >= 0.6 is 11.3 Å². The first kappa shape index (κ1) is 28.3. The number of carboxylic acid groups (broad SMARTS) is 2. The summed E-state index contributed by atoms with van der Waals surface area (Å²) >= 11 is 1.68. The first-order valence-electron chi connectivity index (χ1n) is 9.78. The maximum Gasteiger partial charge on any atom is 0.490 e. The molecule has 0 bridgehead atoms. The Labute approximate surface area is 194 Å². The lowest BCUT2D eigenvalue weighted by molar-refractivity contribution is -0.193. The number of sulfonamides is 1. The Morgan fingerprint density at radius 2 is 1.47 bits per heavy atom. The van der Waals surface area contributed by atoms with E-state index < -0.39 is 34.3 Å². The van der Waals surface area contributed by atoms with Gasteiger partial charge < -0.3 is 10.2 Å². The fraction of sp³-hybridized carbons (Fsp3) is 0.706. The first-order chi connectivity index (χ1) is 15.5. The number of aliphatic carboxylic acids is 2. The van der Waals surface area contributed by atoms with Crippen LogP contribution in [0.1, 0.15) is 30.7 Å². The number of halogens is 6. The van der Waals surface area contributed by atoms with Crippen LogP contribution in [0.2, 0.25) is 0 Å². The lowest BCUT2D eigenvalue weighted by Gasteiger charge is -2.24. The monoisotopic (exact) mass is 541 g/mol. The standard InChI is InChI=1S/C13H19N3O2S2.2C2HF3O2/c17-20(18,10-1-2-10)16-7-4-11-12(16)3-6-15(11)9-13-14-5-8-19-13;2*3-2(4,5)1(6)7/h5,8,10-12H,1-4,6-7,9H2;2*(H,6,7)/t11-,12+;;/m1../s1. The average Bonchev–Trinajstić information content (AvgIpc) is 3.11. The molecule has 0 spiro atoms. The van der Waals surface area contributed by atoms with Gasteiger partial charge in [0.1, 0.15) is 5.01 Å². The highest BCUT2D eigenvalue weighted by Gasteiger charge is 2.51. The van der Waals surface area contributed by atoms with Crippen LogP contribution in [-0.4, -0.2) is 87.5 Å². The molecule has 1 aromatic rings.